The van der Waals surface area contributed by atoms with Crippen LogP contribution in [-0.4, -0.2) is 59.5 Å². The monoisotopic (exact) mass is 280 g/mol. The summed E-state index contributed by atoms with van der Waals surface area (Å²) in [6.45, 7) is 6.50. The van der Waals surface area contributed by atoms with Gasteiger partial charge in [0.1, 0.15) is 0 Å². The van der Waals surface area contributed by atoms with E-state index in [9.17, 15) is 14.7 Å². The Morgan fingerprint density at radius 1 is 1.05 bits per heavy atom. The molecule has 0 radical (unpaired) electrons. The number of fused-ring (bicyclic) bond motifs is 2. The van der Waals surface area contributed by atoms with Crippen molar-refractivity contribution in [2.45, 2.75) is 26.2 Å². The molecule has 4 atom stereocenters. The van der Waals surface area contributed by atoms with E-state index in [0.29, 0.717) is 5.92 Å². The molecule has 1 aliphatic heterocycles. The number of hydrogen-bond donors (Lipinski definition) is 1. The average Bonchev–Trinajstić information content (AvgIpc) is 3.07. The lowest BCUT2D eigenvalue weighted by molar-refractivity contribution is -0.153. The van der Waals surface area contributed by atoms with Gasteiger partial charge in [-0.3, -0.25) is 9.59 Å². The third-order valence-corrected chi connectivity index (χ3v) is 5.62. The van der Waals surface area contributed by atoms with Crippen molar-refractivity contribution in [1.82, 2.24) is 9.80 Å². The first-order valence-corrected chi connectivity index (χ1v) is 7.85. The van der Waals surface area contributed by atoms with E-state index in [1.807, 2.05) is 4.90 Å². The van der Waals surface area contributed by atoms with Gasteiger partial charge in [0.2, 0.25) is 5.91 Å². The van der Waals surface area contributed by atoms with Crippen molar-refractivity contribution in [2.24, 2.45) is 23.7 Å². The minimum absolute atomic E-state index is 0.111. The van der Waals surface area contributed by atoms with Gasteiger partial charge in [-0.1, -0.05) is 6.92 Å². The summed E-state index contributed by atoms with van der Waals surface area (Å²) in [5.41, 5.74) is 0. The summed E-state index contributed by atoms with van der Waals surface area (Å²) in [6, 6.07) is 0. The number of piperazine rings is 1. The van der Waals surface area contributed by atoms with Gasteiger partial charge < -0.3 is 14.9 Å². The first-order valence-electron chi connectivity index (χ1n) is 7.85. The second-order valence-corrected chi connectivity index (χ2v) is 6.48. The van der Waals surface area contributed by atoms with Crippen LogP contribution < -0.4 is 0 Å². The topological polar surface area (TPSA) is 60.9 Å². The van der Waals surface area contributed by atoms with Crippen LogP contribution in [0.5, 0.6) is 0 Å². The molecule has 2 aliphatic carbocycles. The van der Waals surface area contributed by atoms with Gasteiger partial charge in [0.25, 0.3) is 0 Å². The van der Waals surface area contributed by atoms with Crippen LogP contribution in [0.1, 0.15) is 26.2 Å². The van der Waals surface area contributed by atoms with Crippen LogP contribution in [0.4, 0.5) is 0 Å². The molecular weight excluding hydrogens is 256 g/mol. The number of amides is 1. The van der Waals surface area contributed by atoms with Crippen LogP contribution in [0.3, 0.4) is 0 Å². The standard InChI is InChI=1S/C15H24N2O3/c1-2-16-5-7-17(8-6-16)14(18)12-10-3-4-11(9-10)13(12)15(19)20/h10-13H,2-9H2,1H3,(H,19,20)/t10-,11-,12-,13-/m0/s1. The molecule has 2 saturated carbocycles. The molecule has 1 heterocycles. The van der Waals surface area contributed by atoms with Gasteiger partial charge >= 0.3 is 5.97 Å². The zero-order chi connectivity index (χ0) is 14.3. The summed E-state index contributed by atoms with van der Waals surface area (Å²) < 4.78 is 0. The van der Waals surface area contributed by atoms with Crippen molar-refractivity contribution in [3.8, 4) is 0 Å². The molecule has 1 saturated heterocycles. The van der Waals surface area contributed by atoms with Crippen LogP contribution in [-0.2, 0) is 9.59 Å². The van der Waals surface area contributed by atoms with Gasteiger partial charge in [-0.15, -0.1) is 0 Å². The van der Waals surface area contributed by atoms with Crippen LogP contribution in [0.15, 0.2) is 0 Å². The number of carboxylic acids is 1. The van der Waals surface area contributed by atoms with E-state index in [-0.39, 0.29) is 17.7 Å². The van der Waals surface area contributed by atoms with Gasteiger partial charge in [0.05, 0.1) is 11.8 Å². The van der Waals surface area contributed by atoms with E-state index in [1.165, 1.54) is 0 Å². The molecule has 112 valence electrons. The van der Waals surface area contributed by atoms with Gasteiger partial charge in [0, 0.05) is 26.2 Å². The van der Waals surface area contributed by atoms with E-state index in [0.717, 1.165) is 52.0 Å². The van der Waals surface area contributed by atoms with Gasteiger partial charge in [-0.25, -0.2) is 0 Å². The Morgan fingerprint density at radius 2 is 1.65 bits per heavy atom. The molecule has 3 aliphatic rings. The van der Waals surface area contributed by atoms with Crippen LogP contribution >= 0.6 is 0 Å². The predicted molar refractivity (Wildman–Crippen MR) is 74.1 cm³/mol. The summed E-state index contributed by atoms with van der Waals surface area (Å²) in [4.78, 5) is 28.5. The van der Waals surface area contributed by atoms with E-state index in [2.05, 4.69) is 11.8 Å². The summed E-state index contributed by atoms with van der Waals surface area (Å²) in [5, 5.41) is 9.45. The minimum atomic E-state index is -0.761. The van der Waals surface area contributed by atoms with Crippen molar-refractivity contribution < 1.29 is 14.7 Å². The molecule has 3 fully saturated rings. The molecule has 5 heteroatoms. The maximum absolute atomic E-state index is 12.7. The SMILES string of the molecule is CCN1CCN(C(=O)[C@H]2[C@H]3CC[C@@H](C3)[C@@H]2C(=O)O)CC1. The quantitative estimate of drug-likeness (QED) is 0.834. The Balaban J connectivity index is 1.69. The lowest BCUT2D eigenvalue weighted by atomic mass is 9.78. The van der Waals surface area contributed by atoms with Crippen LogP contribution in [0.2, 0.25) is 0 Å². The molecule has 0 aromatic rings. The maximum Gasteiger partial charge on any atom is 0.307 e. The first-order chi connectivity index (χ1) is 9.61. The number of nitrogens with zero attached hydrogens (tertiary/aromatic N) is 2. The average molecular weight is 280 g/mol. The Kier molecular flexibility index (Phi) is 3.71. The maximum atomic E-state index is 12.7. The lowest BCUT2D eigenvalue weighted by Crippen LogP contribution is -2.52. The van der Waals surface area contributed by atoms with Crippen molar-refractivity contribution in [1.29, 1.82) is 0 Å². The highest BCUT2D eigenvalue weighted by molar-refractivity contribution is 5.86. The summed E-state index contributed by atoms with van der Waals surface area (Å²) in [5.74, 6) is -0.769. The number of carboxylic acid groups (broad SMARTS) is 1. The molecule has 5 nitrogen and oxygen atoms in total. The van der Waals surface area contributed by atoms with Crippen LogP contribution in [0.25, 0.3) is 0 Å². The zero-order valence-corrected chi connectivity index (χ0v) is 12.1. The Labute approximate surface area is 119 Å². The Morgan fingerprint density at radius 3 is 2.20 bits per heavy atom. The molecule has 1 N–H and O–H groups in total. The summed E-state index contributed by atoms with van der Waals surface area (Å²) >= 11 is 0. The van der Waals surface area contributed by atoms with Gasteiger partial charge in [-0.2, -0.15) is 0 Å². The molecule has 1 amide bonds. The highest BCUT2D eigenvalue weighted by Gasteiger charge is 2.54. The third-order valence-electron chi connectivity index (χ3n) is 5.62. The van der Waals surface area contributed by atoms with E-state index in [4.69, 9.17) is 0 Å². The largest absolute Gasteiger partial charge is 0.481 e. The fourth-order valence-electron chi connectivity index (χ4n) is 4.50. The van der Waals surface area contributed by atoms with E-state index >= 15 is 0 Å². The smallest absolute Gasteiger partial charge is 0.307 e. The third kappa shape index (κ3) is 2.22. The summed E-state index contributed by atoms with van der Waals surface area (Å²) in [7, 11) is 0. The second kappa shape index (κ2) is 5.35. The Bertz CT molecular complexity index is 404. The fourth-order valence-corrected chi connectivity index (χ4v) is 4.50. The number of carbonyl (C=O) groups is 2. The van der Waals surface area contributed by atoms with Crippen LogP contribution in [0, 0.1) is 23.7 Å². The number of likely N-dealkylation sites (N-methyl/N-ethyl adjacent to an activating group) is 1. The Hall–Kier alpha value is -1.10. The molecule has 2 bridgehead atoms. The molecule has 20 heavy (non-hydrogen) atoms. The number of carbonyl (C=O) groups excluding carboxylic acids is 1. The van der Waals surface area contributed by atoms with Crippen molar-refractivity contribution >= 4 is 11.9 Å². The van der Waals surface area contributed by atoms with Crippen molar-refractivity contribution in [2.75, 3.05) is 32.7 Å². The molecule has 0 spiro atoms. The summed E-state index contributed by atoms with van der Waals surface area (Å²) in [6.07, 6.45) is 2.98. The number of rotatable bonds is 3. The van der Waals surface area contributed by atoms with E-state index < -0.39 is 11.9 Å². The minimum Gasteiger partial charge on any atom is -0.481 e. The number of hydrogen-bond acceptors (Lipinski definition) is 3. The first kappa shape index (κ1) is 13.9. The van der Waals surface area contributed by atoms with E-state index in [1.54, 1.807) is 0 Å². The van der Waals surface area contributed by atoms with Crippen molar-refractivity contribution in [3.05, 3.63) is 0 Å². The molecular formula is C15H24N2O3. The molecule has 0 unspecified atom stereocenters. The zero-order valence-electron chi connectivity index (χ0n) is 12.1. The van der Waals surface area contributed by atoms with Gasteiger partial charge in [-0.05, 0) is 37.6 Å². The fraction of sp³-hybridized carbons (Fsp3) is 0.867. The lowest BCUT2D eigenvalue weighted by Gasteiger charge is -2.38. The molecule has 3 rings (SSSR count). The molecule has 0 aromatic heterocycles. The van der Waals surface area contributed by atoms with Gasteiger partial charge in [0.15, 0.2) is 0 Å². The normalized spacial score (nSPS) is 37.4. The van der Waals surface area contributed by atoms with Crippen molar-refractivity contribution in [3.63, 3.8) is 0 Å². The highest BCUT2D eigenvalue weighted by Crippen LogP contribution is 2.52. The number of aliphatic carboxylic acids is 1. The second-order valence-electron chi connectivity index (χ2n) is 6.48. The highest BCUT2D eigenvalue weighted by atomic mass is 16.4. The predicted octanol–water partition coefficient (Wildman–Crippen LogP) is 0.897. The molecule has 0 aromatic carbocycles.